The molecule has 1 aromatic carbocycles. The van der Waals surface area contributed by atoms with Crippen LogP contribution in [0.2, 0.25) is 0 Å². The highest BCUT2D eigenvalue weighted by Crippen LogP contribution is 2.23. The lowest BCUT2D eigenvalue weighted by Crippen LogP contribution is -2.20. The Kier molecular flexibility index (Phi) is 3.45. The van der Waals surface area contributed by atoms with Crippen LogP contribution in [0.4, 0.5) is 0 Å². The minimum atomic E-state index is -3.79. The molecule has 1 saturated carbocycles. The standard InChI is InChI=1S/C16H21NO3S/c1-12-3-9-16(10-4-12)21(19,20)11-17-15-7-5-14(6-8-15)13(2)18/h3-4,9-10,14H,5-8,11H2,1-2H3/i7D2,8D2. The number of rotatable bonds is 4. The Hall–Kier alpha value is -1.49. The first kappa shape index (κ1) is 11.1. The van der Waals surface area contributed by atoms with E-state index in [0.29, 0.717) is 0 Å². The van der Waals surface area contributed by atoms with Gasteiger partial charge in [-0.05, 0) is 51.6 Å². The van der Waals surface area contributed by atoms with E-state index in [1.54, 1.807) is 12.1 Å². The molecule has 114 valence electrons. The van der Waals surface area contributed by atoms with Crippen LogP contribution >= 0.6 is 0 Å². The van der Waals surface area contributed by atoms with Crippen LogP contribution in [0.25, 0.3) is 0 Å². The van der Waals surface area contributed by atoms with E-state index in [9.17, 15) is 13.2 Å². The zero-order valence-electron chi connectivity index (χ0n) is 16.1. The van der Waals surface area contributed by atoms with Crippen LogP contribution in [-0.2, 0) is 14.6 Å². The van der Waals surface area contributed by atoms with Crippen LogP contribution in [0, 0.1) is 12.8 Å². The van der Waals surface area contributed by atoms with Gasteiger partial charge in [0, 0.05) is 17.1 Å². The molecule has 21 heavy (non-hydrogen) atoms. The van der Waals surface area contributed by atoms with E-state index in [2.05, 4.69) is 4.99 Å². The lowest BCUT2D eigenvalue weighted by atomic mass is 9.85. The van der Waals surface area contributed by atoms with E-state index >= 15 is 0 Å². The predicted molar refractivity (Wildman–Crippen MR) is 83.3 cm³/mol. The molecule has 0 heterocycles. The highest BCUT2D eigenvalue weighted by molar-refractivity contribution is 7.91. The van der Waals surface area contributed by atoms with Gasteiger partial charge in [0.15, 0.2) is 9.84 Å². The highest BCUT2D eigenvalue weighted by Gasteiger charge is 2.21. The molecular formula is C16H21NO3S. The predicted octanol–water partition coefficient (Wildman–Crippen LogP) is 2.95. The molecule has 1 aliphatic rings. The van der Waals surface area contributed by atoms with E-state index in [-0.39, 0.29) is 23.5 Å². The SMILES string of the molecule is [2H]C1([2H])CC(C(C)=O)CC([2H])([2H])C1=NCS(=O)(=O)c1ccc(C)cc1. The lowest BCUT2D eigenvalue weighted by Gasteiger charge is -2.20. The Morgan fingerprint density at radius 3 is 2.38 bits per heavy atom. The molecule has 0 N–H and O–H groups in total. The molecule has 1 aromatic rings. The molecule has 1 aliphatic carbocycles. The second-order valence-corrected chi connectivity index (χ2v) is 7.09. The van der Waals surface area contributed by atoms with E-state index in [4.69, 9.17) is 5.48 Å². The molecule has 0 spiro atoms. The maximum atomic E-state index is 12.4. The molecule has 0 aromatic heterocycles. The van der Waals surface area contributed by atoms with Crippen molar-refractivity contribution in [3.63, 3.8) is 0 Å². The molecule has 5 heteroatoms. The molecule has 4 nitrogen and oxygen atoms in total. The summed E-state index contributed by atoms with van der Waals surface area (Å²) in [5.41, 5.74) is 0.466. The third kappa shape index (κ3) is 4.24. The third-order valence-electron chi connectivity index (χ3n) is 3.38. The highest BCUT2D eigenvalue weighted by atomic mass is 32.2. The number of nitrogens with zero attached hydrogens (tertiary/aromatic N) is 1. The van der Waals surface area contributed by atoms with Gasteiger partial charge in [-0.15, -0.1) is 0 Å². The fourth-order valence-electron chi connectivity index (χ4n) is 1.94. The first-order valence-electron chi connectivity index (χ1n) is 8.70. The van der Waals surface area contributed by atoms with Gasteiger partial charge in [0.05, 0.1) is 4.90 Å². The largest absolute Gasteiger partial charge is 0.300 e. The van der Waals surface area contributed by atoms with Gasteiger partial charge >= 0.3 is 0 Å². The Morgan fingerprint density at radius 1 is 1.29 bits per heavy atom. The number of hydrogen-bond donors (Lipinski definition) is 0. The van der Waals surface area contributed by atoms with Crippen molar-refractivity contribution in [2.45, 2.75) is 44.3 Å². The summed E-state index contributed by atoms with van der Waals surface area (Å²) in [5.74, 6) is -1.74. The zero-order chi connectivity index (χ0) is 19.0. The average Bonchev–Trinajstić information content (AvgIpc) is 2.44. The second-order valence-electron chi connectivity index (χ2n) is 5.13. The van der Waals surface area contributed by atoms with Gasteiger partial charge in [0.25, 0.3) is 0 Å². The molecule has 0 bridgehead atoms. The van der Waals surface area contributed by atoms with Gasteiger partial charge in [-0.1, -0.05) is 17.7 Å². The Bertz CT molecular complexity index is 781. The number of carbonyl (C=O) groups excluding carboxylic acids is 1. The maximum Gasteiger partial charge on any atom is 0.198 e. The number of aliphatic imine (C=N–C) groups is 1. The van der Waals surface area contributed by atoms with Crippen LogP contribution in [0.15, 0.2) is 34.2 Å². The summed E-state index contributed by atoms with van der Waals surface area (Å²) in [6, 6.07) is 6.19. The number of benzene rings is 1. The minimum absolute atomic E-state index is 0.0565. The fraction of sp³-hybridized carbons (Fsp3) is 0.500. The maximum absolute atomic E-state index is 12.4. The molecule has 0 saturated heterocycles. The molecule has 2 rings (SSSR count). The fourth-order valence-corrected chi connectivity index (χ4v) is 2.94. The number of sulfone groups is 1. The van der Waals surface area contributed by atoms with Crippen LogP contribution in [0.5, 0.6) is 0 Å². The topological polar surface area (TPSA) is 63.6 Å². The van der Waals surface area contributed by atoms with Crippen molar-refractivity contribution < 1.29 is 18.7 Å². The van der Waals surface area contributed by atoms with Crippen LogP contribution < -0.4 is 0 Å². The van der Waals surface area contributed by atoms with Crippen molar-refractivity contribution in [2.75, 3.05) is 5.88 Å². The number of carbonyl (C=O) groups is 1. The molecule has 1 fully saturated rings. The smallest absolute Gasteiger partial charge is 0.198 e. The molecule has 0 atom stereocenters. The van der Waals surface area contributed by atoms with E-state index in [1.807, 2.05) is 6.92 Å². The van der Waals surface area contributed by atoms with E-state index in [0.717, 1.165) is 5.56 Å². The van der Waals surface area contributed by atoms with Crippen molar-refractivity contribution in [3.05, 3.63) is 29.8 Å². The number of aryl methyl sites for hydroxylation is 1. The van der Waals surface area contributed by atoms with Crippen molar-refractivity contribution in [2.24, 2.45) is 10.9 Å². The average molecular weight is 311 g/mol. The van der Waals surface area contributed by atoms with Crippen LogP contribution in [0.1, 0.15) is 43.6 Å². The molecule has 0 amide bonds. The van der Waals surface area contributed by atoms with Crippen molar-refractivity contribution in [3.8, 4) is 0 Å². The van der Waals surface area contributed by atoms with Gasteiger partial charge < -0.3 is 0 Å². The van der Waals surface area contributed by atoms with Crippen molar-refractivity contribution in [1.29, 1.82) is 0 Å². The van der Waals surface area contributed by atoms with Crippen LogP contribution in [-0.4, -0.2) is 25.8 Å². The summed E-state index contributed by atoms with van der Waals surface area (Å²) in [7, 11) is -3.79. The number of ketones is 1. The Labute approximate surface area is 131 Å². The third-order valence-corrected chi connectivity index (χ3v) is 4.84. The summed E-state index contributed by atoms with van der Waals surface area (Å²) in [5, 5.41) is 0. The first-order valence-corrected chi connectivity index (χ1v) is 8.36. The monoisotopic (exact) mass is 311 g/mol. The summed E-state index contributed by atoms with van der Waals surface area (Å²) in [4.78, 5) is 15.4. The Balaban J connectivity index is 2.32. The van der Waals surface area contributed by atoms with Gasteiger partial charge in [0.2, 0.25) is 0 Å². The quantitative estimate of drug-likeness (QED) is 0.858. The summed E-state index contributed by atoms with van der Waals surface area (Å²) in [6.07, 6.45) is -4.71. The summed E-state index contributed by atoms with van der Waals surface area (Å²) in [6.45, 7) is 3.13. The molecular weight excluding hydrogens is 286 g/mol. The number of Topliss-reactive ketones (excluding diaryl/α,β-unsaturated/α-hetero) is 1. The first-order chi connectivity index (χ1) is 11.3. The van der Waals surface area contributed by atoms with Gasteiger partial charge in [0.1, 0.15) is 11.7 Å². The second kappa shape index (κ2) is 6.52. The van der Waals surface area contributed by atoms with Gasteiger partial charge in [-0.2, -0.15) is 0 Å². The molecule has 0 unspecified atom stereocenters. The Morgan fingerprint density at radius 2 is 1.86 bits per heavy atom. The number of hydrogen-bond acceptors (Lipinski definition) is 4. The summed E-state index contributed by atoms with van der Waals surface area (Å²) >= 11 is 0. The lowest BCUT2D eigenvalue weighted by molar-refractivity contribution is -0.121. The summed E-state index contributed by atoms with van der Waals surface area (Å²) < 4.78 is 57.0. The van der Waals surface area contributed by atoms with Crippen molar-refractivity contribution in [1.82, 2.24) is 0 Å². The minimum Gasteiger partial charge on any atom is -0.300 e. The van der Waals surface area contributed by atoms with Gasteiger partial charge in [-0.25, -0.2) is 8.42 Å². The van der Waals surface area contributed by atoms with E-state index in [1.165, 1.54) is 19.1 Å². The zero-order valence-corrected chi connectivity index (χ0v) is 12.9. The van der Waals surface area contributed by atoms with E-state index < -0.39 is 40.1 Å². The molecule has 0 aliphatic heterocycles. The molecule has 0 radical (unpaired) electrons. The van der Waals surface area contributed by atoms with Gasteiger partial charge in [-0.3, -0.25) is 9.79 Å². The normalized spacial score (nSPS) is 27.0. The van der Waals surface area contributed by atoms with Crippen molar-refractivity contribution >= 4 is 21.3 Å². The van der Waals surface area contributed by atoms with Crippen LogP contribution in [0.3, 0.4) is 0 Å².